The largest absolute Gasteiger partial charge is 0.462 e. The highest BCUT2D eigenvalue weighted by Crippen LogP contribution is 2.22. The van der Waals surface area contributed by atoms with Crippen molar-refractivity contribution in [1.29, 1.82) is 0 Å². The van der Waals surface area contributed by atoms with E-state index >= 15 is 0 Å². The van der Waals surface area contributed by atoms with Crippen LogP contribution >= 0.6 is 0 Å². The molecule has 1 N–H and O–H groups in total. The molecular weight excluding hydrogens is 266 g/mol. The molecule has 1 aliphatic heterocycles. The molecule has 0 radical (unpaired) electrons. The third-order valence-corrected chi connectivity index (χ3v) is 3.38. The van der Waals surface area contributed by atoms with Gasteiger partial charge in [-0.25, -0.2) is 4.79 Å². The maximum atomic E-state index is 11.8. The van der Waals surface area contributed by atoms with Gasteiger partial charge in [0.05, 0.1) is 0 Å². The zero-order chi connectivity index (χ0) is 14.7. The van der Waals surface area contributed by atoms with Crippen LogP contribution in [-0.2, 0) is 16.1 Å². The molecule has 0 bridgehead atoms. The first kappa shape index (κ1) is 13.6. The number of cyclic esters (lactones) is 1. The van der Waals surface area contributed by atoms with Crippen LogP contribution in [0, 0.1) is 6.92 Å². The SMILES string of the molecule is Cc1ccc(/C=C2\CC(NCc3ccccc3)C(=O)O2)o1. The fourth-order valence-corrected chi connectivity index (χ4v) is 2.30. The number of aryl methyl sites for hydroxylation is 1. The molecule has 21 heavy (non-hydrogen) atoms. The third-order valence-electron chi connectivity index (χ3n) is 3.38. The van der Waals surface area contributed by atoms with Gasteiger partial charge >= 0.3 is 5.97 Å². The Morgan fingerprint density at radius 1 is 1.24 bits per heavy atom. The van der Waals surface area contributed by atoms with Crippen LogP contribution in [0.4, 0.5) is 0 Å². The molecule has 1 aromatic heterocycles. The van der Waals surface area contributed by atoms with Crippen molar-refractivity contribution < 1.29 is 13.9 Å². The van der Waals surface area contributed by atoms with Crippen LogP contribution < -0.4 is 5.32 Å². The number of hydrogen-bond donors (Lipinski definition) is 1. The van der Waals surface area contributed by atoms with E-state index in [1.807, 2.05) is 49.4 Å². The molecule has 0 amide bonds. The van der Waals surface area contributed by atoms with E-state index in [1.54, 1.807) is 6.08 Å². The van der Waals surface area contributed by atoms with E-state index in [2.05, 4.69) is 5.32 Å². The second kappa shape index (κ2) is 5.97. The van der Waals surface area contributed by atoms with Gasteiger partial charge in [0, 0.05) is 19.0 Å². The Balaban J connectivity index is 1.61. The lowest BCUT2D eigenvalue weighted by Gasteiger charge is -2.07. The van der Waals surface area contributed by atoms with Gasteiger partial charge in [-0.05, 0) is 24.6 Å². The van der Waals surface area contributed by atoms with Crippen molar-refractivity contribution in [2.75, 3.05) is 0 Å². The number of ether oxygens (including phenoxy) is 1. The summed E-state index contributed by atoms with van der Waals surface area (Å²) in [5.74, 6) is 1.95. The summed E-state index contributed by atoms with van der Waals surface area (Å²) in [5.41, 5.74) is 1.14. The fraction of sp³-hybridized carbons (Fsp3) is 0.235. The number of carbonyl (C=O) groups excluding carboxylic acids is 1. The van der Waals surface area contributed by atoms with Gasteiger partial charge in [-0.15, -0.1) is 0 Å². The highest BCUT2D eigenvalue weighted by molar-refractivity contribution is 5.81. The molecule has 3 rings (SSSR count). The van der Waals surface area contributed by atoms with Gasteiger partial charge in [-0.1, -0.05) is 30.3 Å². The Labute approximate surface area is 123 Å². The Kier molecular flexibility index (Phi) is 3.88. The maximum absolute atomic E-state index is 11.8. The van der Waals surface area contributed by atoms with Gasteiger partial charge in [0.2, 0.25) is 0 Å². The van der Waals surface area contributed by atoms with Crippen LogP contribution in [-0.4, -0.2) is 12.0 Å². The Morgan fingerprint density at radius 3 is 2.76 bits per heavy atom. The molecule has 1 saturated heterocycles. The number of carbonyl (C=O) groups is 1. The Morgan fingerprint density at radius 2 is 2.05 bits per heavy atom. The van der Waals surface area contributed by atoms with E-state index < -0.39 is 0 Å². The molecule has 2 aromatic rings. The molecule has 0 spiro atoms. The normalized spacial score (nSPS) is 20.0. The molecule has 0 aliphatic carbocycles. The maximum Gasteiger partial charge on any atom is 0.328 e. The van der Waals surface area contributed by atoms with Gasteiger partial charge in [-0.2, -0.15) is 0 Å². The first-order valence-electron chi connectivity index (χ1n) is 6.97. The molecule has 108 valence electrons. The number of benzene rings is 1. The lowest BCUT2D eigenvalue weighted by Crippen LogP contribution is -2.32. The van der Waals surface area contributed by atoms with Crippen molar-refractivity contribution in [3.05, 3.63) is 65.3 Å². The Hall–Kier alpha value is -2.33. The minimum Gasteiger partial charge on any atom is -0.462 e. The monoisotopic (exact) mass is 283 g/mol. The van der Waals surface area contributed by atoms with E-state index in [-0.39, 0.29) is 12.0 Å². The summed E-state index contributed by atoms with van der Waals surface area (Å²) in [7, 11) is 0. The van der Waals surface area contributed by atoms with E-state index in [0.29, 0.717) is 24.5 Å². The van der Waals surface area contributed by atoms with Crippen molar-refractivity contribution in [2.45, 2.75) is 25.9 Å². The van der Waals surface area contributed by atoms with Gasteiger partial charge < -0.3 is 9.15 Å². The molecule has 1 aromatic carbocycles. The zero-order valence-corrected chi connectivity index (χ0v) is 11.8. The van der Waals surface area contributed by atoms with Crippen LogP contribution in [0.3, 0.4) is 0 Å². The first-order chi connectivity index (χ1) is 10.2. The van der Waals surface area contributed by atoms with Crippen molar-refractivity contribution in [2.24, 2.45) is 0 Å². The topological polar surface area (TPSA) is 51.5 Å². The summed E-state index contributed by atoms with van der Waals surface area (Å²) in [4.78, 5) is 11.8. The van der Waals surface area contributed by atoms with Gasteiger partial charge in [0.25, 0.3) is 0 Å². The fourth-order valence-electron chi connectivity index (χ4n) is 2.30. The van der Waals surface area contributed by atoms with Crippen molar-refractivity contribution in [3.63, 3.8) is 0 Å². The summed E-state index contributed by atoms with van der Waals surface area (Å²) >= 11 is 0. The summed E-state index contributed by atoms with van der Waals surface area (Å²) < 4.78 is 10.7. The minimum atomic E-state index is -0.299. The summed E-state index contributed by atoms with van der Waals surface area (Å²) in [6, 6.07) is 13.4. The van der Waals surface area contributed by atoms with Crippen LogP contribution in [0.15, 0.2) is 52.6 Å². The standard InChI is InChI=1S/C17H17NO3/c1-12-7-8-14(20-12)9-15-10-16(17(19)21-15)18-11-13-5-3-2-4-6-13/h2-9,16,18H,10-11H2,1H3/b15-9+. The van der Waals surface area contributed by atoms with E-state index in [4.69, 9.17) is 9.15 Å². The van der Waals surface area contributed by atoms with E-state index in [1.165, 1.54) is 0 Å². The second-order valence-corrected chi connectivity index (χ2v) is 5.10. The molecule has 1 unspecified atom stereocenters. The van der Waals surface area contributed by atoms with Gasteiger partial charge in [-0.3, -0.25) is 5.32 Å². The summed E-state index contributed by atoms with van der Waals surface area (Å²) in [6.45, 7) is 2.53. The average Bonchev–Trinajstić information content (AvgIpc) is 3.04. The van der Waals surface area contributed by atoms with Crippen LogP contribution in [0.25, 0.3) is 6.08 Å². The van der Waals surface area contributed by atoms with Crippen molar-refractivity contribution >= 4 is 12.0 Å². The number of rotatable bonds is 4. The van der Waals surface area contributed by atoms with Crippen molar-refractivity contribution in [1.82, 2.24) is 5.32 Å². The predicted molar refractivity (Wildman–Crippen MR) is 79.2 cm³/mol. The Bertz CT molecular complexity index is 658. The molecule has 1 fully saturated rings. The second-order valence-electron chi connectivity index (χ2n) is 5.10. The molecule has 4 nitrogen and oxygen atoms in total. The number of hydrogen-bond acceptors (Lipinski definition) is 4. The van der Waals surface area contributed by atoms with Crippen LogP contribution in [0.5, 0.6) is 0 Å². The highest BCUT2D eigenvalue weighted by Gasteiger charge is 2.30. The molecular formula is C17H17NO3. The lowest BCUT2D eigenvalue weighted by atomic mass is 10.1. The molecule has 4 heteroatoms. The number of furan rings is 1. The summed E-state index contributed by atoms with van der Waals surface area (Å²) in [5, 5.41) is 3.22. The first-order valence-corrected chi connectivity index (χ1v) is 6.97. The average molecular weight is 283 g/mol. The summed E-state index contributed by atoms with van der Waals surface area (Å²) in [6.07, 6.45) is 2.32. The highest BCUT2D eigenvalue weighted by atomic mass is 16.5. The molecule has 2 heterocycles. The minimum absolute atomic E-state index is 0.236. The third kappa shape index (κ3) is 3.41. The molecule has 1 aliphatic rings. The zero-order valence-electron chi connectivity index (χ0n) is 11.8. The smallest absolute Gasteiger partial charge is 0.328 e. The number of nitrogens with one attached hydrogen (secondary N) is 1. The molecule has 1 atom stereocenters. The quantitative estimate of drug-likeness (QED) is 0.876. The van der Waals surface area contributed by atoms with Crippen molar-refractivity contribution in [3.8, 4) is 0 Å². The molecule has 0 saturated carbocycles. The van der Waals surface area contributed by atoms with Gasteiger partial charge in [0.1, 0.15) is 23.3 Å². The van der Waals surface area contributed by atoms with Crippen LogP contribution in [0.1, 0.15) is 23.5 Å². The van der Waals surface area contributed by atoms with Gasteiger partial charge in [0.15, 0.2) is 0 Å². The lowest BCUT2D eigenvalue weighted by molar-refractivity contribution is -0.137. The predicted octanol–water partition coefficient (Wildman–Crippen LogP) is 3.03. The van der Waals surface area contributed by atoms with E-state index in [9.17, 15) is 4.79 Å². The van der Waals surface area contributed by atoms with Crippen LogP contribution in [0.2, 0.25) is 0 Å². The van der Waals surface area contributed by atoms with E-state index in [0.717, 1.165) is 11.3 Å². The number of esters is 1.